The molecule has 198 valence electrons. The van der Waals surface area contributed by atoms with Crippen molar-refractivity contribution >= 4 is 28.8 Å². The van der Waals surface area contributed by atoms with E-state index >= 15 is 0 Å². The number of anilines is 1. The first kappa shape index (κ1) is 26.8. The minimum absolute atomic E-state index is 0.0633. The number of benzene rings is 2. The Bertz CT molecular complexity index is 1430. The number of methoxy groups -OCH3 is 3. The first-order valence-electron chi connectivity index (χ1n) is 11.7. The summed E-state index contributed by atoms with van der Waals surface area (Å²) >= 11 is 6.51. The number of ketones is 1. The number of rotatable bonds is 6. The van der Waals surface area contributed by atoms with Gasteiger partial charge in [0.25, 0.3) is 5.69 Å². The summed E-state index contributed by atoms with van der Waals surface area (Å²) in [7, 11) is 4.45. The second kappa shape index (κ2) is 9.91. The normalized spacial score (nSPS) is 18.6. The molecule has 0 unspecified atom stereocenters. The number of non-ortho nitro benzene ring substituents is 1. The number of carbonyl (C=O) groups excluding carboxylic acids is 1. The lowest BCUT2D eigenvalue weighted by molar-refractivity contribution is -0.384. The number of ether oxygens (including phenoxy) is 3. The van der Waals surface area contributed by atoms with E-state index in [4.69, 9.17) is 31.5 Å². The van der Waals surface area contributed by atoms with Crippen molar-refractivity contribution in [1.82, 2.24) is 0 Å². The number of nitro groups is 1. The molecule has 2 aromatic carbocycles. The minimum Gasteiger partial charge on any atom is -0.493 e. The number of nitrogens with zero attached hydrogens (tertiary/aromatic N) is 3. The van der Waals surface area contributed by atoms with Crippen molar-refractivity contribution in [1.29, 1.82) is 5.26 Å². The summed E-state index contributed by atoms with van der Waals surface area (Å²) in [6.45, 7) is 3.94. The van der Waals surface area contributed by atoms with E-state index in [1.807, 2.05) is 13.8 Å². The maximum Gasteiger partial charge on any atom is 0.271 e. The van der Waals surface area contributed by atoms with Crippen LogP contribution in [0.25, 0.3) is 0 Å². The summed E-state index contributed by atoms with van der Waals surface area (Å²) in [4.78, 5) is 26.1. The van der Waals surface area contributed by atoms with Gasteiger partial charge in [0.05, 0.1) is 54.5 Å². The summed E-state index contributed by atoms with van der Waals surface area (Å²) in [6.07, 6.45) is 0.703. The highest BCUT2D eigenvalue weighted by Crippen LogP contribution is 2.52. The molecule has 1 heterocycles. The van der Waals surface area contributed by atoms with Crippen LogP contribution in [0.3, 0.4) is 0 Å². The molecule has 11 heteroatoms. The largest absolute Gasteiger partial charge is 0.493 e. The highest BCUT2D eigenvalue weighted by molar-refractivity contribution is 6.33. The molecule has 0 spiro atoms. The van der Waals surface area contributed by atoms with Crippen LogP contribution in [-0.2, 0) is 4.79 Å². The number of allylic oxidation sites excluding steroid dienone is 3. The molecule has 1 aliphatic carbocycles. The Morgan fingerprint density at radius 3 is 2.26 bits per heavy atom. The fraction of sp³-hybridized carbons (Fsp3) is 0.333. The Morgan fingerprint density at radius 2 is 1.76 bits per heavy atom. The van der Waals surface area contributed by atoms with Gasteiger partial charge < -0.3 is 19.9 Å². The number of hydrogen-bond donors (Lipinski definition) is 1. The lowest BCUT2D eigenvalue weighted by atomic mass is 9.68. The van der Waals surface area contributed by atoms with Gasteiger partial charge in [-0.1, -0.05) is 25.4 Å². The van der Waals surface area contributed by atoms with Crippen LogP contribution in [0.1, 0.15) is 38.2 Å². The molecule has 2 aliphatic rings. The van der Waals surface area contributed by atoms with Gasteiger partial charge in [0.2, 0.25) is 5.75 Å². The third kappa shape index (κ3) is 4.39. The molecule has 0 amide bonds. The number of nitriles is 1. The molecule has 0 aromatic heterocycles. The molecular formula is C27H27ClN4O6. The van der Waals surface area contributed by atoms with Crippen LogP contribution >= 0.6 is 11.6 Å². The Labute approximate surface area is 225 Å². The standard InChI is InChI=1S/C27H27ClN4O6/c1-27(2)11-19-24(20(33)12-27)23(14-8-21(36-3)25(38-5)22(9-14)37-4)16(13-29)26(30)31(19)18-7-6-15(32(34)35)10-17(18)28/h6-10,23H,11-12,30H2,1-5H3/t23-/m1/s1. The summed E-state index contributed by atoms with van der Waals surface area (Å²) < 4.78 is 16.5. The van der Waals surface area contributed by atoms with E-state index in [0.717, 1.165) is 0 Å². The van der Waals surface area contributed by atoms with Gasteiger partial charge in [-0.2, -0.15) is 5.26 Å². The summed E-state index contributed by atoms with van der Waals surface area (Å²) in [5.41, 5.74) is 8.06. The Kier molecular flexibility index (Phi) is 7.00. The van der Waals surface area contributed by atoms with Gasteiger partial charge in [0.15, 0.2) is 17.3 Å². The Hall–Kier alpha value is -4.23. The summed E-state index contributed by atoms with van der Waals surface area (Å²) in [6, 6.07) is 9.58. The predicted octanol–water partition coefficient (Wildman–Crippen LogP) is 5.21. The zero-order valence-corrected chi connectivity index (χ0v) is 22.4. The molecule has 2 N–H and O–H groups in total. The van der Waals surface area contributed by atoms with Crippen molar-refractivity contribution < 1.29 is 23.9 Å². The molecule has 1 aliphatic heterocycles. The van der Waals surface area contributed by atoms with Crippen molar-refractivity contribution in [2.75, 3.05) is 26.2 Å². The molecule has 38 heavy (non-hydrogen) atoms. The SMILES string of the molecule is COc1cc([C@@H]2C(C#N)=C(N)N(c3ccc([N+](=O)[O-])cc3Cl)C3=C2C(=O)CC(C)(C)C3)cc(OC)c1OC. The first-order valence-corrected chi connectivity index (χ1v) is 12.1. The van der Waals surface area contributed by atoms with Crippen LogP contribution in [0.4, 0.5) is 11.4 Å². The maximum atomic E-state index is 13.8. The second-order valence-electron chi connectivity index (χ2n) is 9.83. The molecular weight excluding hydrogens is 512 g/mol. The maximum absolute atomic E-state index is 13.8. The van der Waals surface area contributed by atoms with E-state index < -0.39 is 16.3 Å². The number of hydrogen-bond acceptors (Lipinski definition) is 9. The van der Waals surface area contributed by atoms with Crippen molar-refractivity contribution in [3.05, 3.63) is 73.7 Å². The number of nitro benzene ring substituents is 1. The molecule has 2 aromatic rings. The van der Waals surface area contributed by atoms with E-state index in [1.165, 1.54) is 39.5 Å². The smallest absolute Gasteiger partial charge is 0.271 e. The van der Waals surface area contributed by atoms with Crippen molar-refractivity contribution in [2.45, 2.75) is 32.6 Å². The quantitative estimate of drug-likeness (QED) is 0.387. The Balaban J connectivity index is 2.03. The van der Waals surface area contributed by atoms with E-state index in [-0.39, 0.29) is 34.3 Å². The van der Waals surface area contributed by atoms with Gasteiger partial charge in [0, 0.05) is 29.8 Å². The van der Waals surface area contributed by atoms with Crippen LogP contribution in [-0.4, -0.2) is 32.0 Å². The van der Waals surface area contributed by atoms with E-state index in [2.05, 4.69) is 6.07 Å². The zero-order valence-electron chi connectivity index (χ0n) is 21.6. The second-order valence-corrected chi connectivity index (χ2v) is 10.2. The van der Waals surface area contributed by atoms with Crippen LogP contribution in [0, 0.1) is 26.9 Å². The number of carbonyl (C=O) groups is 1. The minimum atomic E-state index is -0.805. The lowest BCUT2D eigenvalue weighted by Gasteiger charge is -2.44. The average Bonchev–Trinajstić information content (AvgIpc) is 2.86. The van der Waals surface area contributed by atoms with Crippen LogP contribution < -0.4 is 24.8 Å². The van der Waals surface area contributed by atoms with E-state index in [0.29, 0.717) is 46.2 Å². The number of halogens is 1. The highest BCUT2D eigenvalue weighted by atomic mass is 35.5. The number of nitrogens with two attached hydrogens (primary N) is 1. The average molecular weight is 539 g/mol. The fourth-order valence-electron chi connectivity index (χ4n) is 5.18. The zero-order chi connectivity index (χ0) is 27.9. The third-order valence-corrected chi connectivity index (χ3v) is 7.09. The van der Waals surface area contributed by atoms with Gasteiger partial charge in [0.1, 0.15) is 5.82 Å². The van der Waals surface area contributed by atoms with E-state index in [1.54, 1.807) is 17.0 Å². The van der Waals surface area contributed by atoms with Gasteiger partial charge in [-0.25, -0.2) is 0 Å². The summed E-state index contributed by atoms with van der Waals surface area (Å²) in [5, 5.41) is 21.7. The summed E-state index contributed by atoms with van der Waals surface area (Å²) in [5.74, 6) is 0.230. The molecule has 0 radical (unpaired) electrons. The topological polar surface area (TPSA) is 141 Å². The van der Waals surface area contributed by atoms with Crippen molar-refractivity contribution in [3.63, 3.8) is 0 Å². The predicted molar refractivity (Wildman–Crippen MR) is 141 cm³/mol. The molecule has 0 saturated carbocycles. The molecule has 1 atom stereocenters. The lowest BCUT2D eigenvalue weighted by Crippen LogP contribution is -2.42. The van der Waals surface area contributed by atoms with E-state index in [9.17, 15) is 20.2 Å². The van der Waals surface area contributed by atoms with Gasteiger partial charge in [-0.15, -0.1) is 0 Å². The van der Waals surface area contributed by atoms with Crippen LogP contribution in [0.2, 0.25) is 5.02 Å². The first-order chi connectivity index (χ1) is 18.0. The van der Waals surface area contributed by atoms with Crippen LogP contribution in [0.15, 0.2) is 53.0 Å². The fourth-order valence-corrected chi connectivity index (χ4v) is 5.44. The van der Waals surface area contributed by atoms with Gasteiger partial charge in [-0.05, 0) is 35.6 Å². The van der Waals surface area contributed by atoms with Crippen LogP contribution in [0.5, 0.6) is 17.2 Å². The van der Waals surface area contributed by atoms with Gasteiger partial charge in [-0.3, -0.25) is 19.8 Å². The van der Waals surface area contributed by atoms with Crippen molar-refractivity contribution in [2.24, 2.45) is 11.1 Å². The molecule has 4 rings (SSSR count). The van der Waals surface area contributed by atoms with Gasteiger partial charge >= 0.3 is 0 Å². The van der Waals surface area contributed by atoms with Crippen molar-refractivity contribution in [3.8, 4) is 23.3 Å². The molecule has 0 saturated heterocycles. The molecule has 0 bridgehead atoms. The Morgan fingerprint density at radius 1 is 1.13 bits per heavy atom. The molecule has 0 fully saturated rings. The molecule has 10 nitrogen and oxygen atoms in total. The number of Topliss-reactive ketones (excluding diaryl/α,β-unsaturated/α-hetero) is 1. The monoisotopic (exact) mass is 538 g/mol. The highest BCUT2D eigenvalue weighted by Gasteiger charge is 2.45. The third-order valence-electron chi connectivity index (χ3n) is 6.78.